The standard InChI is InChI=1S/C24H26F3NO3/c1-16-17(2)23(10-7-19(16)4-3-13-29)31-15-22-21(24(25,26)27)11-12-28(22)20-8-5-18(14-30)6-9-20/h5-12,29-30H,3-4,13-15H2,1-2H3. The van der Waals surface area contributed by atoms with Gasteiger partial charge in [-0.15, -0.1) is 0 Å². The van der Waals surface area contributed by atoms with Gasteiger partial charge >= 0.3 is 6.18 Å². The molecule has 0 bridgehead atoms. The van der Waals surface area contributed by atoms with Crippen molar-refractivity contribution in [3.05, 3.63) is 82.2 Å². The second-order valence-electron chi connectivity index (χ2n) is 7.46. The molecule has 0 aliphatic carbocycles. The Hall–Kier alpha value is -2.77. The molecule has 0 amide bonds. The molecule has 31 heavy (non-hydrogen) atoms. The number of hydrogen-bond acceptors (Lipinski definition) is 3. The first-order valence-electron chi connectivity index (χ1n) is 10.1. The van der Waals surface area contributed by atoms with E-state index in [2.05, 4.69) is 0 Å². The number of aliphatic hydroxyl groups excluding tert-OH is 2. The summed E-state index contributed by atoms with van der Waals surface area (Å²) in [4.78, 5) is 0. The predicted octanol–water partition coefficient (Wildman–Crippen LogP) is 5.11. The highest BCUT2D eigenvalue weighted by atomic mass is 19.4. The zero-order chi connectivity index (χ0) is 22.6. The topological polar surface area (TPSA) is 54.6 Å². The number of aliphatic hydroxyl groups is 2. The van der Waals surface area contributed by atoms with Gasteiger partial charge in [0.2, 0.25) is 0 Å². The van der Waals surface area contributed by atoms with Gasteiger partial charge in [0, 0.05) is 18.5 Å². The fourth-order valence-corrected chi connectivity index (χ4v) is 3.57. The number of nitrogens with zero attached hydrogens (tertiary/aromatic N) is 1. The highest BCUT2D eigenvalue weighted by Gasteiger charge is 2.35. The van der Waals surface area contributed by atoms with Crippen molar-refractivity contribution in [2.75, 3.05) is 6.61 Å². The Morgan fingerprint density at radius 2 is 1.65 bits per heavy atom. The lowest BCUT2D eigenvalue weighted by atomic mass is 9.99. The van der Waals surface area contributed by atoms with Gasteiger partial charge in [0.05, 0.1) is 17.9 Å². The van der Waals surface area contributed by atoms with E-state index in [1.54, 1.807) is 30.3 Å². The van der Waals surface area contributed by atoms with Crippen LogP contribution >= 0.6 is 0 Å². The lowest BCUT2D eigenvalue weighted by Crippen LogP contribution is -2.13. The first kappa shape index (κ1) is 22.9. The number of benzene rings is 2. The summed E-state index contributed by atoms with van der Waals surface area (Å²) in [6, 6.07) is 11.4. The third-order valence-electron chi connectivity index (χ3n) is 5.51. The largest absolute Gasteiger partial charge is 0.487 e. The van der Waals surface area contributed by atoms with Crippen LogP contribution in [0.2, 0.25) is 0 Å². The van der Waals surface area contributed by atoms with Crippen LogP contribution in [0.5, 0.6) is 5.75 Å². The smallest absolute Gasteiger partial charge is 0.418 e. The lowest BCUT2D eigenvalue weighted by Gasteiger charge is -2.17. The van der Waals surface area contributed by atoms with Gasteiger partial charge in [-0.3, -0.25) is 0 Å². The molecular weight excluding hydrogens is 407 g/mol. The molecule has 3 aromatic rings. The molecule has 0 saturated heterocycles. The SMILES string of the molecule is Cc1c(CCCO)ccc(OCc2c(C(F)(F)F)ccn2-c2ccc(CO)cc2)c1C. The fourth-order valence-electron chi connectivity index (χ4n) is 3.57. The molecule has 0 atom stereocenters. The molecule has 1 heterocycles. The van der Waals surface area contributed by atoms with E-state index < -0.39 is 11.7 Å². The molecule has 3 rings (SSSR count). The van der Waals surface area contributed by atoms with Crippen molar-refractivity contribution in [3.8, 4) is 11.4 Å². The summed E-state index contributed by atoms with van der Waals surface area (Å²) in [7, 11) is 0. The molecule has 0 spiro atoms. The summed E-state index contributed by atoms with van der Waals surface area (Å²) in [5.41, 5.74) is 3.46. The van der Waals surface area contributed by atoms with E-state index in [1.165, 1.54) is 10.8 Å². The van der Waals surface area contributed by atoms with Crippen molar-refractivity contribution in [1.82, 2.24) is 4.57 Å². The number of hydrogen-bond donors (Lipinski definition) is 2. The summed E-state index contributed by atoms with van der Waals surface area (Å²) in [6.07, 6.45) is -1.74. The summed E-state index contributed by atoms with van der Waals surface area (Å²) in [5.74, 6) is 0.529. The van der Waals surface area contributed by atoms with E-state index >= 15 is 0 Å². The number of ether oxygens (including phenoxy) is 1. The van der Waals surface area contributed by atoms with Gasteiger partial charge in [-0.25, -0.2) is 0 Å². The minimum Gasteiger partial charge on any atom is -0.487 e. The maximum Gasteiger partial charge on any atom is 0.418 e. The Morgan fingerprint density at radius 3 is 2.26 bits per heavy atom. The van der Waals surface area contributed by atoms with Gasteiger partial charge in [-0.2, -0.15) is 13.2 Å². The number of alkyl halides is 3. The molecule has 7 heteroatoms. The minimum absolute atomic E-state index is 0.00524. The van der Waals surface area contributed by atoms with Crippen LogP contribution in [0, 0.1) is 13.8 Å². The highest BCUT2D eigenvalue weighted by Crippen LogP contribution is 2.35. The molecule has 0 aliphatic heterocycles. The van der Waals surface area contributed by atoms with Crippen LogP contribution in [-0.4, -0.2) is 21.4 Å². The number of aromatic nitrogens is 1. The Bertz CT molecular complexity index is 1020. The zero-order valence-corrected chi connectivity index (χ0v) is 17.5. The summed E-state index contributed by atoms with van der Waals surface area (Å²) in [6.45, 7) is 3.54. The van der Waals surface area contributed by atoms with Crippen molar-refractivity contribution >= 4 is 0 Å². The van der Waals surface area contributed by atoms with Gasteiger partial charge < -0.3 is 19.5 Å². The Balaban J connectivity index is 1.91. The third kappa shape index (κ3) is 5.11. The van der Waals surface area contributed by atoms with Crippen molar-refractivity contribution in [2.24, 2.45) is 0 Å². The van der Waals surface area contributed by atoms with E-state index in [0.717, 1.165) is 29.2 Å². The average Bonchev–Trinajstić information content (AvgIpc) is 3.18. The van der Waals surface area contributed by atoms with Gasteiger partial charge in [-0.05, 0) is 73.2 Å². The lowest BCUT2D eigenvalue weighted by molar-refractivity contribution is -0.138. The highest BCUT2D eigenvalue weighted by molar-refractivity contribution is 5.44. The van der Waals surface area contributed by atoms with E-state index in [0.29, 0.717) is 23.4 Å². The van der Waals surface area contributed by atoms with Crippen LogP contribution in [0.1, 0.15) is 39.9 Å². The fraction of sp³-hybridized carbons (Fsp3) is 0.333. The quantitative estimate of drug-likeness (QED) is 0.519. The molecule has 1 aromatic heterocycles. The average molecular weight is 433 g/mol. The third-order valence-corrected chi connectivity index (χ3v) is 5.51. The summed E-state index contributed by atoms with van der Waals surface area (Å²) in [5, 5.41) is 18.2. The Labute approximate surface area is 179 Å². The zero-order valence-electron chi connectivity index (χ0n) is 17.5. The van der Waals surface area contributed by atoms with E-state index in [9.17, 15) is 18.3 Å². The van der Waals surface area contributed by atoms with Crippen molar-refractivity contribution < 1.29 is 28.1 Å². The summed E-state index contributed by atoms with van der Waals surface area (Å²) >= 11 is 0. The van der Waals surface area contributed by atoms with Gasteiger partial charge in [0.15, 0.2) is 0 Å². The molecule has 2 N–H and O–H groups in total. The number of halogens is 3. The van der Waals surface area contributed by atoms with Crippen molar-refractivity contribution in [3.63, 3.8) is 0 Å². The van der Waals surface area contributed by atoms with Crippen LogP contribution in [0.25, 0.3) is 5.69 Å². The first-order valence-corrected chi connectivity index (χ1v) is 10.1. The number of rotatable bonds is 8. The predicted molar refractivity (Wildman–Crippen MR) is 112 cm³/mol. The second kappa shape index (κ2) is 9.58. The maximum absolute atomic E-state index is 13.6. The Kier molecular flexibility index (Phi) is 7.08. The maximum atomic E-state index is 13.6. The Morgan fingerprint density at radius 1 is 0.935 bits per heavy atom. The minimum atomic E-state index is -4.51. The van der Waals surface area contributed by atoms with Crippen LogP contribution in [0.3, 0.4) is 0 Å². The van der Waals surface area contributed by atoms with E-state index in [4.69, 9.17) is 9.84 Å². The van der Waals surface area contributed by atoms with Gasteiger partial charge in [0.25, 0.3) is 0 Å². The van der Waals surface area contributed by atoms with Crippen LogP contribution < -0.4 is 4.74 Å². The molecule has 4 nitrogen and oxygen atoms in total. The first-order chi connectivity index (χ1) is 14.8. The van der Waals surface area contributed by atoms with Crippen LogP contribution in [0.4, 0.5) is 13.2 Å². The van der Waals surface area contributed by atoms with E-state index in [-0.39, 0.29) is 25.5 Å². The van der Waals surface area contributed by atoms with Gasteiger partial charge in [-0.1, -0.05) is 18.2 Å². The van der Waals surface area contributed by atoms with Gasteiger partial charge in [0.1, 0.15) is 12.4 Å². The molecule has 0 unspecified atom stereocenters. The normalized spacial score (nSPS) is 11.7. The summed E-state index contributed by atoms with van der Waals surface area (Å²) < 4.78 is 48.2. The van der Waals surface area contributed by atoms with Crippen LogP contribution in [-0.2, 0) is 25.8 Å². The van der Waals surface area contributed by atoms with Crippen molar-refractivity contribution in [1.29, 1.82) is 0 Å². The molecule has 2 aromatic carbocycles. The van der Waals surface area contributed by atoms with Crippen LogP contribution in [0.15, 0.2) is 48.7 Å². The molecule has 0 aliphatic rings. The number of aryl methyl sites for hydroxylation is 1. The monoisotopic (exact) mass is 433 g/mol. The van der Waals surface area contributed by atoms with E-state index in [1.807, 2.05) is 19.9 Å². The molecule has 0 radical (unpaired) electrons. The van der Waals surface area contributed by atoms with Crippen molar-refractivity contribution in [2.45, 2.75) is 46.1 Å². The molecule has 0 saturated carbocycles. The molecular formula is C24H26F3NO3. The molecule has 166 valence electrons. The second-order valence-corrected chi connectivity index (χ2v) is 7.46. The molecule has 0 fully saturated rings.